The number of nitrogen functional groups attached to an aromatic ring is 1. The number of aromatic nitrogens is 2. The Morgan fingerprint density at radius 2 is 2.42 bits per heavy atom. The van der Waals surface area contributed by atoms with Crippen LogP contribution in [0.3, 0.4) is 0 Å². The van der Waals surface area contributed by atoms with E-state index in [2.05, 4.69) is 15.5 Å². The quantitative estimate of drug-likeness (QED) is 0.781. The molecule has 0 aliphatic heterocycles. The van der Waals surface area contributed by atoms with Crippen LogP contribution >= 0.6 is 11.3 Å². The summed E-state index contributed by atoms with van der Waals surface area (Å²) in [5, 5.41) is 11.3. The van der Waals surface area contributed by atoms with Crippen LogP contribution in [0.1, 0.15) is 23.0 Å². The van der Waals surface area contributed by atoms with E-state index in [0.717, 1.165) is 11.8 Å². The van der Waals surface area contributed by atoms with Gasteiger partial charge >= 0.3 is 0 Å². The summed E-state index contributed by atoms with van der Waals surface area (Å²) >= 11 is 1.26. The van der Waals surface area contributed by atoms with Crippen molar-refractivity contribution in [2.75, 3.05) is 25.5 Å². The van der Waals surface area contributed by atoms with Crippen molar-refractivity contribution >= 4 is 33.1 Å². The lowest BCUT2D eigenvalue weighted by Gasteiger charge is -2.04. The zero-order valence-corrected chi connectivity index (χ0v) is 11.5. The molecule has 2 rings (SSSR count). The summed E-state index contributed by atoms with van der Waals surface area (Å²) < 4.78 is 5.20. The molecule has 0 spiro atoms. The van der Waals surface area contributed by atoms with Crippen molar-refractivity contribution in [1.29, 1.82) is 0 Å². The fourth-order valence-electron chi connectivity index (χ4n) is 1.64. The first kappa shape index (κ1) is 13.7. The Morgan fingerprint density at radius 1 is 1.58 bits per heavy atom. The second-order valence-corrected chi connectivity index (χ2v) is 4.90. The molecule has 0 bridgehead atoms. The maximum absolute atomic E-state index is 12.0. The number of nitrogens with zero attached hydrogens (tertiary/aromatic N) is 2. The number of amides is 1. The van der Waals surface area contributed by atoms with Crippen molar-refractivity contribution < 1.29 is 9.53 Å². The first-order valence-electron chi connectivity index (χ1n) is 6.09. The molecule has 2 heterocycles. The van der Waals surface area contributed by atoms with E-state index in [0.29, 0.717) is 35.2 Å². The predicted octanol–water partition coefficient (Wildman–Crippen LogP) is 1.43. The Bertz CT molecular complexity index is 570. The molecule has 1 amide bonds. The molecular weight excluding hydrogens is 264 g/mol. The Kier molecular flexibility index (Phi) is 4.64. The molecule has 0 atom stereocenters. The van der Waals surface area contributed by atoms with E-state index in [4.69, 9.17) is 10.5 Å². The third-order valence-corrected chi connectivity index (χ3v) is 3.69. The molecule has 0 aromatic carbocycles. The van der Waals surface area contributed by atoms with Gasteiger partial charge in [-0.2, -0.15) is 5.10 Å². The predicted molar refractivity (Wildman–Crippen MR) is 75.3 cm³/mol. The van der Waals surface area contributed by atoms with E-state index in [1.807, 2.05) is 6.92 Å². The number of thiophene rings is 1. The number of hydrogen-bond acceptors (Lipinski definition) is 6. The summed E-state index contributed by atoms with van der Waals surface area (Å²) in [7, 11) is 0. The highest BCUT2D eigenvalue weighted by molar-refractivity contribution is 7.21. The summed E-state index contributed by atoms with van der Waals surface area (Å²) in [5.41, 5.74) is 6.42. The second kappa shape index (κ2) is 6.44. The fraction of sp³-hybridized carbons (Fsp3) is 0.417. The van der Waals surface area contributed by atoms with Gasteiger partial charge in [0, 0.05) is 25.1 Å². The molecular formula is C12H16N4O2S. The van der Waals surface area contributed by atoms with E-state index in [1.165, 1.54) is 11.3 Å². The van der Waals surface area contributed by atoms with Crippen LogP contribution in [0.2, 0.25) is 0 Å². The SMILES string of the molecule is CCOCCCNC(=O)c1sc2nnccc2c1N. The average molecular weight is 280 g/mol. The summed E-state index contributed by atoms with van der Waals surface area (Å²) in [5.74, 6) is -0.169. The maximum Gasteiger partial charge on any atom is 0.263 e. The van der Waals surface area contributed by atoms with E-state index in [9.17, 15) is 4.79 Å². The molecule has 0 fully saturated rings. The van der Waals surface area contributed by atoms with Crippen LogP contribution in [-0.2, 0) is 4.74 Å². The Labute approximate surface area is 115 Å². The van der Waals surface area contributed by atoms with Gasteiger partial charge in [-0.1, -0.05) is 0 Å². The van der Waals surface area contributed by atoms with Gasteiger partial charge in [-0.25, -0.2) is 0 Å². The van der Waals surface area contributed by atoms with Gasteiger partial charge in [-0.3, -0.25) is 4.79 Å². The van der Waals surface area contributed by atoms with Crippen molar-refractivity contribution in [2.24, 2.45) is 0 Å². The molecule has 0 aliphatic rings. The first-order chi connectivity index (χ1) is 9.24. The van der Waals surface area contributed by atoms with Gasteiger partial charge in [-0.15, -0.1) is 16.4 Å². The molecule has 7 heteroatoms. The molecule has 2 aromatic rings. The number of rotatable bonds is 6. The monoisotopic (exact) mass is 280 g/mol. The van der Waals surface area contributed by atoms with Crippen LogP contribution in [0, 0.1) is 0 Å². The highest BCUT2D eigenvalue weighted by atomic mass is 32.1. The van der Waals surface area contributed by atoms with Crippen molar-refractivity contribution in [2.45, 2.75) is 13.3 Å². The molecule has 0 saturated carbocycles. The van der Waals surface area contributed by atoms with Crippen LogP contribution in [0.5, 0.6) is 0 Å². The van der Waals surface area contributed by atoms with Gasteiger partial charge < -0.3 is 15.8 Å². The van der Waals surface area contributed by atoms with Gasteiger partial charge in [0.25, 0.3) is 5.91 Å². The number of carbonyl (C=O) groups excluding carboxylic acids is 1. The summed E-state index contributed by atoms with van der Waals surface area (Å²) in [6.07, 6.45) is 2.35. The van der Waals surface area contributed by atoms with E-state index in [-0.39, 0.29) is 5.91 Å². The third kappa shape index (κ3) is 3.18. The van der Waals surface area contributed by atoms with Crippen molar-refractivity contribution in [1.82, 2.24) is 15.5 Å². The number of nitrogens with one attached hydrogen (secondary N) is 1. The smallest absolute Gasteiger partial charge is 0.263 e. The standard InChI is InChI=1S/C12H16N4O2S/c1-2-18-7-3-5-14-11(17)10-9(13)8-4-6-15-16-12(8)19-10/h4,6H,2-3,5,7,13H2,1H3,(H,14,17). The van der Waals surface area contributed by atoms with Gasteiger partial charge in [0.15, 0.2) is 0 Å². The van der Waals surface area contributed by atoms with Crippen LogP contribution in [0.25, 0.3) is 10.2 Å². The summed E-state index contributed by atoms with van der Waals surface area (Å²) in [4.78, 5) is 13.2. The Balaban J connectivity index is 1.99. The number of fused-ring (bicyclic) bond motifs is 1. The van der Waals surface area contributed by atoms with Gasteiger partial charge in [0.2, 0.25) is 0 Å². The van der Waals surface area contributed by atoms with Gasteiger partial charge in [-0.05, 0) is 19.4 Å². The molecule has 0 aliphatic carbocycles. The number of anilines is 1. The third-order valence-electron chi connectivity index (χ3n) is 2.58. The molecule has 2 aromatic heterocycles. The zero-order valence-electron chi connectivity index (χ0n) is 10.7. The van der Waals surface area contributed by atoms with Crippen molar-refractivity contribution in [3.05, 3.63) is 17.1 Å². The van der Waals surface area contributed by atoms with Gasteiger partial charge in [0.05, 0.1) is 11.9 Å². The maximum atomic E-state index is 12.0. The van der Waals surface area contributed by atoms with E-state index < -0.39 is 0 Å². The fourth-order valence-corrected chi connectivity index (χ4v) is 2.60. The lowest BCUT2D eigenvalue weighted by atomic mass is 10.3. The van der Waals surface area contributed by atoms with Crippen LogP contribution in [0.15, 0.2) is 12.3 Å². The summed E-state index contributed by atoms with van der Waals surface area (Å²) in [6.45, 7) is 3.84. The van der Waals surface area contributed by atoms with Crippen LogP contribution < -0.4 is 11.1 Å². The molecule has 6 nitrogen and oxygen atoms in total. The first-order valence-corrected chi connectivity index (χ1v) is 6.91. The van der Waals surface area contributed by atoms with Crippen molar-refractivity contribution in [3.63, 3.8) is 0 Å². The molecule has 3 N–H and O–H groups in total. The molecule has 102 valence electrons. The minimum atomic E-state index is -0.169. The average Bonchev–Trinajstić information content (AvgIpc) is 2.76. The minimum absolute atomic E-state index is 0.169. The molecule has 0 saturated heterocycles. The Morgan fingerprint density at radius 3 is 3.16 bits per heavy atom. The lowest BCUT2D eigenvalue weighted by molar-refractivity contribution is 0.0949. The topological polar surface area (TPSA) is 90.1 Å². The highest BCUT2D eigenvalue weighted by Gasteiger charge is 2.16. The largest absolute Gasteiger partial charge is 0.397 e. The van der Waals surface area contributed by atoms with E-state index in [1.54, 1.807) is 12.3 Å². The van der Waals surface area contributed by atoms with E-state index >= 15 is 0 Å². The molecule has 0 unspecified atom stereocenters. The lowest BCUT2D eigenvalue weighted by Crippen LogP contribution is -2.25. The summed E-state index contributed by atoms with van der Waals surface area (Å²) in [6, 6.07) is 1.76. The van der Waals surface area contributed by atoms with Crippen LogP contribution in [0.4, 0.5) is 5.69 Å². The number of carbonyl (C=O) groups is 1. The molecule has 0 radical (unpaired) electrons. The Hall–Kier alpha value is -1.73. The normalized spacial score (nSPS) is 10.8. The highest BCUT2D eigenvalue weighted by Crippen LogP contribution is 2.31. The minimum Gasteiger partial charge on any atom is -0.397 e. The molecule has 19 heavy (non-hydrogen) atoms. The zero-order chi connectivity index (χ0) is 13.7. The number of hydrogen-bond donors (Lipinski definition) is 2. The van der Waals surface area contributed by atoms with Crippen molar-refractivity contribution in [3.8, 4) is 0 Å². The van der Waals surface area contributed by atoms with Gasteiger partial charge in [0.1, 0.15) is 9.71 Å². The number of nitrogens with two attached hydrogens (primary N) is 1. The number of ether oxygens (including phenoxy) is 1. The van der Waals surface area contributed by atoms with Crippen LogP contribution in [-0.4, -0.2) is 35.9 Å². The second-order valence-electron chi connectivity index (χ2n) is 3.90.